The molecule has 0 atom stereocenters. The molecule has 0 fully saturated rings. The zero-order valence-electron chi connectivity index (χ0n) is 14.4. The summed E-state index contributed by atoms with van der Waals surface area (Å²) in [6.07, 6.45) is 0. The number of anilines is 1. The van der Waals surface area contributed by atoms with Crippen LogP contribution in [-0.4, -0.2) is 14.1 Å². The monoisotopic (exact) mass is 317 g/mol. The van der Waals surface area contributed by atoms with Crippen molar-refractivity contribution in [2.45, 2.75) is 13.1 Å². The second-order valence-corrected chi connectivity index (χ2v) is 6.37. The predicted octanol–water partition coefficient (Wildman–Crippen LogP) is 3.67. The number of nitrogens with one attached hydrogen (secondary N) is 1. The Balaban J connectivity index is 1.86. The molecule has 2 nitrogen and oxygen atoms in total. The maximum atomic E-state index is 2.25. The van der Waals surface area contributed by atoms with Gasteiger partial charge in [-0.25, -0.2) is 0 Å². The van der Waals surface area contributed by atoms with Crippen LogP contribution in [0.4, 0.5) is 11.4 Å². The average Bonchev–Trinajstić information content (AvgIpc) is 2.63. The highest BCUT2D eigenvalue weighted by atomic mass is 15.1. The van der Waals surface area contributed by atoms with Gasteiger partial charge in [-0.15, -0.1) is 0 Å². The molecule has 3 rings (SSSR count). The Morgan fingerprint density at radius 3 is 1.50 bits per heavy atom. The van der Waals surface area contributed by atoms with E-state index in [0.29, 0.717) is 0 Å². The van der Waals surface area contributed by atoms with Crippen molar-refractivity contribution in [3.05, 3.63) is 96.1 Å². The van der Waals surface area contributed by atoms with Gasteiger partial charge in [-0.05, 0) is 12.1 Å². The number of rotatable bonds is 6. The summed E-state index contributed by atoms with van der Waals surface area (Å²) in [7, 11) is 4.15. The molecular formula is C22H25N2+. The summed E-state index contributed by atoms with van der Waals surface area (Å²) in [6.45, 7) is 1.97. The van der Waals surface area contributed by atoms with Crippen LogP contribution in [0.5, 0.6) is 0 Å². The van der Waals surface area contributed by atoms with E-state index in [-0.39, 0.29) is 0 Å². The lowest BCUT2D eigenvalue weighted by Crippen LogP contribution is -3.04. The largest absolute Gasteiger partial charge is 0.378 e. The van der Waals surface area contributed by atoms with Crippen LogP contribution in [0.15, 0.2) is 84.9 Å². The first-order chi connectivity index (χ1) is 11.7. The topological polar surface area (TPSA) is 7.68 Å². The lowest BCUT2D eigenvalue weighted by molar-refractivity contribution is -0.861. The molecule has 0 spiro atoms. The van der Waals surface area contributed by atoms with Crippen molar-refractivity contribution in [2.75, 3.05) is 19.0 Å². The van der Waals surface area contributed by atoms with Crippen molar-refractivity contribution in [2.24, 2.45) is 0 Å². The fourth-order valence-corrected chi connectivity index (χ4v) is 2.95. The van der Waals surface area contributed by atoms with Crippen molar-refractivity contribution in [3.63, 3.8) is 0 Å². The molecule has 0 saturated carbocycles. The van der Waals surface area contributed by atoms with E-state index >= 15 is 0 Å². The Kier molecular flexibility index (Phi) is 5.29. The summed E-state index contributed by atoms with van der Waals surface area (Å²) in [6, 6.07) is 30.3. The van der Waals surface area contributed by atoms with Gasteiger partial charge in [-0.1, -0.05) is 60.7 Å². The smallest absolute Gasteiger partial charge is 0.131 e. The second-order valence-electron chi connectivity index (χ2n) is 6.37. The van der Waals surface area contributed by atoms with E-state index in [1.807, 2.05) is 0 Å². The molecule has 0 amide bonds. The van der Waals surface area contributed by atoms with Crippen molar-refractivity contribution in [3.8, 4) is 0 Å². The third-order valence-electron chi connectivity index (χ3n) is 4.31. The normalized spacial score (nSPS) is 10.8. The van der Waals surface area contributed by atoms with E-state index < -0.39 is 0 Å². The Bertz CT molecular complexity index is 692. The van der Waals surface area contributed by atoms with Gasteiger partial charge in [-0.3, -0.25) is 4.90 Å². The summed E-state index contributed by atoms with van der Waals surface area (Å²) >= 11 is 0. The van der Waals surface area contributed by atoms with Gasteiger partial charge in [0, 0.05) is 43.0 Å². The van der Waals surface area contributed by atoms with Gasteiger partial charge < -0.3 is 4.90 Å². The van der Waals surface area contributed by atoms with E-state index in [9.17, 15) is 0 Å². The van der Waals surface area contributed by atoms with Crippen LogP contribution in [0.2, 0.25) is 0 Å². The minimum atomic E-state index is 0.983. The molecule has 0 aliphatic rings. The molecule has 1 N–H and O–H groups in total. The highest BCUT2D eigenvalue weighted by Crippen LogP contribution is 2.14. The van der Waals surface area contributed by atoms with Crippen LogP contribution in [-0.2, 0) is 13.1 Å². The summed E-state index contributed by atoms with van der Waals surface area (Å²) < 4.78 is 0. The third-order valence-corrected chi connectivity index (χ3v) is 4.31. The first-order valence-electron chi connectivity index (χ1n) is 8.42. The third kappa shape index (κ3) is 4.24. The maximum Gasteiger partial charge on any atom is 0.131 e. The second kappa shape index (κ2) is 7.80. The zero-order chi connectivity index (χ0) is 16.8. The standard InChI is InChI=1S/C22H24N2/c1-23(2)21-13-15-22(16-14-21)24(17-19-9-5-3-6-10-19)18-20-11-7-4-8-12-20/h3-16H,17-18H2,1-2H3/p+1. The highest BCUT2D eigenvalue weighted by molar-refractivity contribution is 5.49. The van der Waals surface area contributed by atoms with Crippen molar-refractivity contribution >= 4 is 11.4 Å². The van der Waals surface area contributed by atoms with E-state index in [0.717, 1.165) is 13.1 Å². The zero-order valence-corrected chi connectivity index (χ0v) is 14.4. The van der Waals surface area contributed by atoms with Gasteiger partial charge in [0.15, 0.2) is 0 Å². The molecule has 3 aromatic carbocycles. The molecule has 0 heterocycles. The fraction of sp³-hybridized carbons (Fsp3) is 0.182. The SMILES string of the molecule is CN(C)c1ccc([NH+](Cc2ccccc2)Cc2ccccc2)cc1. The van der Waals surface area contributed by atoms with Crippen LogP contribution in [0.3, 0.4) is 0 Å². The molecule has 0 bridgehead atoms. The number of benzene rings is 3. The predicted molar refractivity (Wildman–Crippen MR) is 102 cm³/mol. The molecule has 24 heavy (non-hydrogen) atoms. The van der Waals surface area contributed by atoms with E-state index in [2.05, 4.69) is 104 Å². The van der Waals surface area contributed by atoms with Gasteiger partial charge >= 0.3 is 0 Å². The Hall–Kier alpha value is -2.58. The quantitative estimate of drug-likeness (QED) is 0.729. The first-order valence-corrected chi connectivity index (χ1v) is 8.42. The molecule has 0 radical (unpaired) electrons. The van der Waals surface area contributed by atoms with Crippen LogP contribution in [0.25, 0.3) is 0 Å². The molecule has 0 aromatic heterocycles. The minimum Gasteiger partial charge on any atom is -0.378 e. The van der Waals surface area contributed by atoms with Crippen LogP contribution >= 0.6 is 0 Å². The molecule has 0 aliphatic carbocycles. The molecule has 2 heteroatoms. The van der Waals surface area contributed by atoms with Crippen LogP contribution in [0.1, 0.15) is 11.1 Å². The number of hydrogen-bond donors (Lipinski definition) is 1. The van der Waals surface area contributed by atoms with Gasteiger partial charge in [0.2, 0.25) is 0 Å². The number of nitrogens with zero attached hydrogens (tertiary/aromatic N) is 1. The van der Waals surface area contributed by atoms with E-state index in [1.54, 1.807) is 0 Å². The maximum absolute atomic E-state index is 2.25. The lowest BCUT2D eigenvalue weighted by Gasteiger charge is -2.21. The summed E-state index contributed by atoms with van der Waals surface area (Å²) in [5.41, 5.74) is 5.28. The average molecular weight is 317 g/mol. The summed E-state index contributed by atoms with van der Waals surface area (Å²) in [5.74, 6) is 0. The van der Waals surface area contributed by atoms with Crippen molar-refractivity contribution in [1.29, 1.82) is 0 Å². The Labute approximate surface area is 145 Å². The Morgan fingerprint density at radius 1 is 0.625 bits per heavy atom. The highest BCUT2D eigenvalue weighted by Gasteiger charge is 2.14. The fourth-order valence-electron chi connectivity index (χ4n) is 2.95. The van der Waals surface area contributed by atoms with Crippen molar-refractivity contribution in [1.82, 2.24) is 0 Å². The van der Waals surface area contributed by atoms with Crippen molar-refractivity contribution < 1.29 is 4.90 Å². The van der Waals surface area contributed by atoms with Gasteiger partial charge in [0.05, 0.1) is 0 Å². The molecule has 0 aliphatic heterocycles. The molecule has 0 unspecified atom stereocenters. The molecule has 3 aromatic rings. The number of hydrogen-bond acceptors (Lipinski definition) is 1. The molecule has 122 valence electrons. The van der Waals surface area contributed by atoms with Crippen LogP contribution < -0.4 is 9.80 Å². The molecular weight excluding hydrogens is 292 g/mol. The minimum absolute atomic E-state index is 0.983. The van der Waals surface area contributed by atoms with Gasteiger partial charge in [0.25, 0.3) is 0 Å². The van der Waals surface area contributed by atoms with Gasteiger partial charge in [0.1, 0.15) is 18.8 Å². The molecule has 0 saturated heterocycles. The summed E-state index contributed by atoms with van der Waals surface area (Å²) in [4.78, 5) is 3.59. The number of quaternary nitrogens is 1. The van der Waals surface area contributed by atoms with Crippen LogP contribution in [0, 0.1) is 0 Å². The summed E-state index contributed by atoms with van der Waals surface area (Å²) in [5, 5.41) is 0. The van der Waals surface area contributed by atoms with E-state index in [4.69, 9.17) is 0 Å². The Morgan fingerprint density at radius 2 is 1.08 bits per heavy atom. The first kappa shape index (κ1) is 16.3. The van der Waals surface area contributed by atoms with Gasteiger partial charge in [-0.2, -0.15) is 0 Å². The lowest BCUT2D eigenvalue weighted by atomic mass is 10.1. The van der Waals surface area contributed by atoms with E-state index in [1.165, 1.54) is 27.4 Å².